The summed E-state index contributed by atoms with van der Waals surface area (Å²) in [7, 11) is 1.45. The molecule has 7 nitrogen and oxygen atoms in total. The third-order valence-electron chi connectivity index (χ3n) is 3.63. The predicted octanol–water partition coefficient (Wildman–Crippen LogP) is 1.33. The van der Waals surface area contributed by atoms with Gasteiger partial charge in [-0.3, -0.25) is 14.4 Å². The quantitative estimate of drug-likeness (QED) is 0.893. The normalized spacial score (nSPS) is 11.8. The summed E-state index contributed by atoms with van der Waals surface area (Å²) < 4.78 is 1.52. The molecule has 0 aliphatic heterocycles. The Morgan fingerprint density at radius 2 is 1.92 bits per heavy atom. The molecular formula is C17H19N3O4. The topological polar surface area (TPSA) is 92.5 Å². The van der Waals surface area contributed by atoms with Crippen LogP contribution in [0.1, 0.15) is 23.1 Å². The van der Waals surface area contributed by atoms with Crippen LogP contribution < -0.4 is 5.43 Å². The highest BCUT2D eigenvalue weighted by Crippen LogP contribution is 2.09. The van der Waals surface area contributed by atoms with E-state index in [2.05, 4.69) is 5.10 Å². The molecule has 1 N–H and O–H groups in total. The molecule has 1 heterocycles. The fourth-order valence-corrected chi connectivity index (χ4v) is 2.28. The number of aliphatic carboxylic acids is 1. The Balaban J connectivity index is 2.38. The van der Waals surface area contributed by atoms with Crippen LogP contribution in [0.2, 0.25) is 0 Å². The molecule has 1 aromatic carbocycles. The number of aryl methyl sites for hydroxylation is 1. The van der Waals surface area contributed by atoms with Crippen molar-refractivity contribution in [3.63, 3.8) is 0 Å². The maximum atomic E-state index is 12.5. The van der Waals surface area contributed by atoms with Gasteiger partial charge >= 0.3 is 5.97 Å². The van der Waals surface area contributed by atoms with E-state index in [4.69, 9.17) is 5.11 Å². The first kappa shape index (κ1) is 17.4. The largest absolute Gasteiger partial charge is 0.481 e. The third kappa shape index (κ3) is 3.68. The molecular weight excluding hydrogens is 310 g/mol. The van der Waals surface area contributed by atoms with Gasteiger partial charge < -0.3 is 10.0 Å². The molecule has 0 saturated heterocycles. The molecule has 0 radical (unpaired) electrons. The summed E-state index contributed by atoms with van der Waals surface area (Å²) in [5, 5.41) is 13.1. The zero-order chi connectivity index (χ0) is 17.9. The van der Waals surface area contributed by atoms with E-state index in [9.17, 15) is 14.4 Å². The number of amides is 1. The summed E-state index contributed by atoms with van der Waals surface area (Å²) in [6.07, 6.45) is 0. The number of para-hydroxylation sites is 1. The Bertz CT molecular complexity index is 814. The highest BCUT2D eigenvalue weighted by molar-refractivity contribution is 5.92. The molecule has 0 saturated carbocycles. The van der Waals surface area contributed by atoms with Crippen LogP contribution in [-0.4, -0.2) is 45.3 Å². The minimum absolute atomic E-state index is 0.00546. The number of benzene rings is 1. The molecule has 7 heteroatoms. The number of aromatic nitrogens is 2. The molecule has 1 aromatic heterocycles. The van der Waals surface area contributed by atoms with Gasteiger partial charge in [-0.05, 0) is 19.1 Å². The van der Waals surface area contributed by atoms with Gasteiger partial charge in [-0.25, -0.2) is 4.68 Å². The van der Waals surface area contributed by atoms with E-state index in [1.807, 2.05) is 30.3 Å². The SMILES string of the molecule is Cc1cc(=O)c(C(=O)N(C)CC(C)C(=O)O)nn1-c1ccccc1. The number of hydrogen-bond donors (Lipinski definition) is 1. The number of carbonyl (C=O) groups excluding carboxylic acids is 1. The highest BCUT2D eigenvalue weighted by atomic mass is 16.4. The van der Waals surface area contributed by atoms with Crippen molar-refractivity contribution in [3.05, 3.63) is 58.0 Å². The van der Waals surface area contributed by atoms with E-state index >= 15 is 0 Å². The standard InChI is InChI=1S/C17H19N3O4/c1-11(17(23)24)10-19(3)16(22)15-14(21)9-12(2)20(18-15)13-7-5-4-6-8-13/h4-9,11H,10H2,1-3H3,(H,23,24). The molecule has 2 aromatic rings. The van der Waals surface area contributed by atoms with Crippen molar-refractivity contribution in [1.29, 1.82) is 0 Å². The number of carbonyl (C=O) groups is 2. The Hall–Kier alpha value is -2.96. The number of carboxylic acid groups (broad SMARTS) is 1. The molecule has 1 atom stereocenters. The number of carboxylic acids is 1. The second kappa shape index (κ2) is 7.08. The second-order valence-electron chi connectivity index (χ2n) is 5.67. The van der Waals surface area contributed by atoms with Crippen molar-refractivity contribution in [2.75, 3.05) is 13.6 Å². The average Bonchev–Trinajstić information content (AvgIpc) is 2.55. The van der Waals surface area contributed by atoms with E-state index in [-0.39, 0.29) is 12.2 Å². The summed E-state index contributed by atoms with van der Waals surface area (Å²) >= 11 is 0. The summed E-state index contributed by atoms with van der Waals surface area (Å²) in [5.74, 6) is -2.34. The first-order valence-corrected chi connectivity index (χ1v) is 7.46. The number of nitrogens with zero attached hydrogens (tertiary/aromatic N) is 3. The predicted molar refractivity (Wildman–Crippen MR) is 88.3 cm³/mol. The van der Waals surface area contributed by atoms with Crippen molar-refractivity contribution in [2.24, 2.45) is 5.92 Å². The molecule has 1 amide bonds. The van der Waals surface area contributed by atoms with Crippen LogP contribution in [0.5, 0.6) is 0 Å². The number of hydrogen-bond acceptors (Lipinski definition) is 4. The summed E-state index contributed by atoms with van der Waals surface area (Å²) in [5.41, 5.74) is 0.610. The number of rotatable bonds is 5. The summed E-state index contributed by atoms with van der Waals surface area (Å²) in [4.78, 5) is 36.8. The minimum Gasteiger partial charge on any atom is -0.481 e. The third-order valence-corrected chi connectivity index (χ3v) is 3.63. The van der Waals surface area contributed by atoms with Crippen LogP contribution in [0.25, 0.3) is 5.69 Å². The Labute approximate surface area is 139 Å². The smallest absolute Gasteiger partial charge is 0.308 e. The van der Waals surface area contributed by atoms with Gasteiger partial charge in [0, 0.05) is 25.4 Å². The lowest BCUT2D eigenvalue weighted by molar-refractivity contribution is -0.141. The first-order valence-electron chi connectivity index (χ1n) is 7.46. The molecule has 0 aliphatic rings. The van der Waals surface area contributed by atoms with Crippen molar-refractivity contribution >= 4 is 11.9 Å². The van der Waals surface area contributed by atoms with E-state index in [1.165, 1.54) is 29.6 Å². The van der Waals surface area contributed by atoms with Crippen LogP contribution in [-0.2, 0) is 4.79 Å². The van der Waals surface area contributed by atoms with Gasteiger partial charge in [-0.15, -0.1) is 0 Å². The monoisotopic (exact) mass is 329 g/mol. The average molecular weight is 329 g/mol. The fraction of sp³-hybridized carbons (Fsp3) is 0.294. The maximum absolute atomic E-state index is 12.5. The van der Waals surface area contributed by atoms with Gasteiger partial charge in [0.2, 0.25) is 5.43 Å². The molecule has 0 aliphatic carbocycles. The lowest BCUT2D eigenvalue weighted by Gasteiger charge is -2.19. The Morgan fingerprint density at radius 3 is 2.50 bits per heavy atom. The van der Waals surface area contributed by atoms with Crippen molar-refractivity contribution in [2.45, 2.75) is 13.8 Å². The Kier molecular flexibility index (Phi) is 5.13. The van der Waals surface area contributed by atoms with Crippen LogP contribution in [0.4, 0.5) is 0 Å². The molecule has 1 unspecified atom stereocenters. The molecule has 0 spiro atoms. The second-order valence-corrected chi connectivity index (χ2v) is 5.67. The minimum atomic E-state index is -1.01. The van der Waals surface area contributed by atoms with Crippen LogP contribution in [0, 0.1) is 12.8 Å². The van der Waals surface area contributed by atoms with Crippen molar-refractivity contribution in [3.8, 4) is 5.69 Å². The van der Waals surface area contributed by atoms with Crippen LogP contribution in [0.3, 0.4) is 0 Å². The fourth-order valence-electron chi connectivity index (χ4n) is 2.28. The van der Waals surface area contributed by atoms with Gasteiger partial charge in [0.1, 0.15) is 0 Å². The molecule has 2 rings (SSSR count). The van der Waals surface area contributed by atoms with E-state index in [1.54, 1.807) is 6.92 Å². The molecule has 0 fully saturated rings. The van der Waals surface area contributed by atoms with E-state index in [0.717, 1.165) is 5.69 Å². The van der Waals surface area contributed by atoms with Crippen LogP contribution in [0.15, 0.2) is 41.2 Å². The molecule has 126 valence electrons. The van der Waals surface area contributed by atoms with Crippen molar-refractivity contribution in [1.82, 2.24) is 14.7 Å². The lowest BCUT2D eigenvalue weighted by atomic mass is 10.1. The lowest BCUT2D eigenvalue weighted by Crippen LogP contribution is -2.37. The molecule has 0 bridgehead atoms. The first-order chi connectivity index (χ1) is 11.3. The summed E-state index contributed by atoms with van der Waals surface area (Å²) in [6, 6.07) is 10.5. The van der Waals surface area contributed by atoms with Gasteiger partial charge in [0.15, 0.2) is 5.69 Å². The van der Waals surface area contributed by atoms with E-state index in [0.29, 0.717) is 5.69 Å². The summed E-state index contributed by atoms with van der Waals surface area (Å²) in [6.45, 7) is 3.22. The highest BCUT2D eigenvalue weighted by Gasteiger charge is 2.22. The zero-order valence-electron chi connectivity index (χ0n) is 13.8. The van der Waals surface area contributed by atoms with Gasteiger partial charge in [0.25, 0.3) is 5.91 Å². The van der Waals surface area contributed by atoms with Crippen LogP contribution >= 0.6 is 0 Å². The van der Waals surface area contributed by atoms with Crippen molar-refractivity contribution < 1.29 is 14.7 Å². The zero-order valence-corrected chi connectivity index (χ0v) is 13.8. The van der Waals surface area contributed by atoms with Gasteiger partial charge in [-0.1, -0.05) is 25.1 Å². The Morgan fingerprint density at radius 1 is 1.29 bits per heavy atom. The molecule has 24 heavy (non-hydrogen) atoms. The van der Waals surface area contributed by atoms with Gasteiger partial charge in [-0.2, -0.15) is 5.10 Å². The van der Waals surface area contributed by atoms with Gasteiger partial charge in [0.05, 0.1) is 11.6 Å². The van der Waals surface area contributed by atoms with E-state index < -0.39 is 23.2 Å². The maximum Gasteiger partial charge on any atom is 0.308 e.